The lowest BCUT2D eigenvalue weighted by Crippen LogP contribution is -2.41. The fourth-order valence-electron chi connectivity index (χ4n) is 3.35. The van der Waals surface area contributed by atoms with E-state index in [-0.39, 0.29) is 10.6 Å². The first-order valence-electron chi connectivity index (χ1n) is 10.2. The Labute approximate surface area is 209 Å². The van der Waals surface area contributed by atoms with Crippen molar-refractivity contribution in [2.24, 2.45) is 0 Å². The van der Waals surface area contributed by atoms with Crippen molar-refractivity contribution in [3.8, 4) is 11.5 Å². The molecule has 3 aromatic rings. The normalized spacial score (nSPS) is 12.0. The number of amides is 1. The first-order chi connectivity index (χ1) is 16.1. The lowest BCUT2D eigenvalue weighted by molar-refractivity contribution is -0.120. The minimum absolute atomic E-state index is 0.00723. The van der Waals surface area contributed by atoms with E-state index in [1.807, 2.05) is 0 Å². The fourth-order valence-corrected chi connectivity index (χ4v) is 5.08. The van der Waals surface area contributed by atoms with Crippen LogP contribution >= 0.6 is 23.2 Å². The van der Waals surface area contributed by atoms with Crippen LogP contribution in [0.5, 0.6) is 11.5 Å². The standard InChI is InChI=1S/C24H24Cl2N2O5S/c1-16(22-14-20(32-2)9-12-23(22)33-3)27-24(29)15-28(19-6-4-5-18(26)13-19)34(30,31)21-10-7-17(25)8-11-21/h4-14,16H,15H2,1-3H3,(H,27,29). The average molecular weight is 523 g/mol. The Morgan fingerprint density at radius 3 is 2.29 bits per heavy atom. The van der Waals surface area contributed by atoms with Crippen molar-refractivity contribution in [2.45, 2.75) is 17.9 Å². The minimum atomic E-state index is -4.10. The van der Waals surface area contributed by atoms with Gasteiger partial charge in [0.1, 0.15) is 18.0 Å². The highest BCUT2D eigenvalue weighted by Crippen LogP contribution is 2.30. The van der Waals surface area contributed by atoms with Gasteiger partial charge in [-0.05, 0) is 67.6 Å². The van der Waals surface area contributed by atoms with E-state index in [2.05, 4.69) is 5.32 Å². The maximum Gasteiger partial charge on any atom is 0.264 e. The van der Waals surface area contributed by atoms with Gasteiger partial charge in [0.25, 0.3) is 10.0 Å². The van der Waals surface area contributed by atoms with Crippen molar-refractivity contribution in [3.63, 3.8) is 0 Å². The molecular formula is C24H24Cl2N2O5S. The zero-order chi connectivity index (χ0) is 24.9. The van der Waals surface area contributed by atoms with Gasteiger partial charge in [-0.3, -0.25) is 9.10 Å². The van der Waals surface area contributed by atoms with Crippen molar-refractivity contribution < 1.29 is 22.7 Å². The van der Waals surface area contributed by atoms with Crippen LogP contribution in [0.25, 0.3) is 0 Å². The zero-order valence-electron chi connectivity index (χ0n) is 18.8. The maximum absolute atomic E-state index is 13.5. The molecule has 0 fully saturated rings. The lowest BCUT2D eigenvalue weighted by atomic mass is 10.1. The van der Waals surface area contributed by atoms with Crippen LogP contribution in [0.15, 0.2) is 71.6 Å². The summed E-state index contributed by atoms with van der Waals surface area (Å²) in [5, 5.41) is 3.57. The molecule has 1 unspecified atom stereocenters. The van der Waals surface area contributed by atoms with E-state index < -0.39 is 28.5 Å². The quantitative estimate of drug-likeness (QED) is 0.423. The second kappa shape index (κ2) is 11.0. The summed E-state index contributed by atoms with van der Waals surface area (Å²) in [6.07, 6.45) is 0. The first kappa shape index (κ1) is 25.7. The first-order valence-corrected chi connectivity index (χ1v) is 12.4. The van der Waals surface area contributed by atoms with Crippen LogP contribution in [0.4, 0.5) is 5.69 Å². The molecule has 1 atom stereocenters. The number of nitrogens with one attached hydrogen (secondary N) is 1. The monoisotopic (exact) mass is 522 g/mol. The van der Waals surface area contributed by atoms with Gasteiger partial charge < -0.3 is 14.8 Å². The number of halogens is 2. The minimum Gasteiger partial charge on any atom is -0.497 e. The van der Waals surface area contributed by atoms with E-state index in [1.165, 1.54) is 37.4 Å². The summed E-state index contributed by atoms with van der Waals surface area (Å²) in [6.45, 7) is 1.30. The number of nitrogens with zero attached hydrogens (tertiary/aromatic N) is 1. The molecule has 3 aromatic carbocycles. The summed E-state index contributed by atoms with van der Waals surface area (Å²) in [6, 6.07) is 16.8. The predicted octanol–water partition coefficient (Wildman–Crippen LogP) is 5.08. The van der Waals surface area contributed by atoms with E-state index in [1.54, 1.807) is 50.4 Å². The number of carbonyl (C=O) groups excluding carboxylic acids is 1. The molecule has 0 aliphatic heterocycles. The smallest absolute Gasteiger partial charge is 0.264 e. The molecule has 180 valence electrons. The second-order valence-electron chi connectivity index (χ2n) is 7.34. The number of carbonyl (C=O) groups is 1. The number of benzene rings is 3. The SMILES string of the molecule is COc1ccc(OC)c(C(C)NC(=O)CN(c2cccc(Cl)c2)S(=O)(=O)c2ccc(Cl)cc2)c1. The van der Waals surface area contributed by atoms with Crippen molar-refractivity contribution in [3.05, 3.63) is 82.3 Å². The molecule has 0 aliphatic carbocycles. The number of anilines is 1. The zero-order valence-corrected chi connectivity index (χ0v) is 21.1. The third kappa shape index (κ3) is 5.94. The number of ether oxygens (including phenoxy) is 2. The summed E-state index contributed by atoms with van der Waals surface area (Å²) >= 11 is 12.0. The molecule has 0 radical (unpaired) electrons. The Hall–Kier alpha value is -2.94. The molecule has 1 N–H and O–H groups in total. The average Bonchev–Trinajstić information content (AvgIpc) is 2.82. The fraction of sp³-hybridized carbons (Fsp3) is 0.208. The van der Waals surface area contributed by atoms with Crippen LogP contribution in [0.3, 0.4) is 0 Å². The van der Waals surface area contributed by atoms with E-state index in [0.717, 1.165) is 4.31 Å². The number of sulfonamides is 1. The largest absolute Gasteiger partial charge is 0.497 e. The summed E-state index contributed by atoms with van der Waals surface area (Å²) < 4.78 is 38.6. The van der Waals surface area contributed by atoms with E-state index in [9.17, 15) is 13.2 Å². The highest BCUT2D eigenvalue weighted by molar-refractivity contribution is 7.92. The van der Waals surface area contributed by atoms with Gasteiger partial charge in [-0.25, -0.2) is 8.42 Å². The van der Waals surface area contributed by atoms with E-state index >= 15 is 0 Å². The Morgan fingerprint density at radius 2 is 1.68 bits per heavy atom. The van der Waals surface area contributed by atoms with Gasteiger partial charge in [0.15, 0.2) is 0 Å². The van der Waals surface area contributed by atoms with Crippen LogP contribution in [0, 0.1) is 0 Å². The van der Waals surface area contributed by atoms with Crippen LogP contribution in [0.1, 0.15) is 18.5 Å². The van der Waals surface area contributed by atoms with Gasteiger partial charge >= 0.3 is 0 Å². The van der Waals surface area contributed by atoms with Crippen LogP contribution < -0.4 is 19.1 Å². The maximum atomic E-state index is 13.5. The second-order valence-corrected chi connectivity index (χ2v) is 10.1. The highest BCUT2D eigenvalue weighted by atomic mass is 35.5. The Kier molecular flexibility index (Phi) is 8.30. The molecule has 0 aliphatic rings. The van der Waals surface area contributed by atoms with E-state index in [4.69, 9.17) is 32.7 Å². The lowest BCUT2D eigenvalue weighted by Gasteiger charge is -2.25. The molecule has 3 rings (SSSR count). The molecule has 0 saturated heterocycles. The molecule has 0 saturated carbocycles. The molecule has 0 heterocycles. The van der Waals surface area contributed by atoms with E-state index in [0.29, 0.717) is 27.1 Å². The molecule has 0 spiro atoms. The Balaban J connectivity index is 1.91. The molecule has 1 amide bonds. The van der Waals surface area contributed by atoms with Gasteiger partial charge in [-0.15, -0.1) is 0 Å². The van der Waals surface area contributed by atoms with Gasteiger partial charge in [0, 0.05) is 15.6 Å². The van der Waals surface area contributed by atoms with Gasteiger partial charge in [-0.2, -0.15) is 0 Å². The highest BCUT2D eigenvalue weighted by Gasteiger charge is 2.28. The van der Waals surface area contributed by atoms with Crippen molar-refractivity contribution in [1.29, 1.82) is 0 Å². The van der Waals surface area contributed by atoms with Crippen molar-refractivity contribution >= 4 is 44.8 Å². The van der Waals surface area contributed by atoms with Crippen LogP contribution in [-0.2, 0) is 14.8 Å². The predicted molar refractivity (Wildman–Crippen MR) is 134 cm³/mol. The number of rotatable bonds is 9. The molecule has 10 heteroatoms. The van der Waals surface area contributed by atoms with Gasteiger partial charge in [0.2, 0.25) is 5.91 Å². The molecule has 0 bridgehead atoms. The van der Waals surface area contributed by atoms with Gasteiger partial charge in [0.05, 0.1) is 30.8 Å². The molecular weight excluding hydrogens is 499 g/mol. The summed E-state index contributed by atoms with van der Waals surface area (Å²) in [5.74, 6) is 0.645. The Morgan fingerprint density at radius 1 is 0.971 bits per heavy atom. The van der Waals surface area contributed by atoms with Crippen LogP contribution in [0.2, 0.25) is 10.0 Å². The molecule has 0 aromatic heterocycles. The van der Waals surface area contributed by atoms with Crippen molar-refractivity contribution in [1.82, 2.24) is 5.32 Å². The van der Waals surface area contributed by atoms with Crippen molar-refractivity contribution in [2.75, 3.05) is 25.1 Å². The number of methoxy groups -OCH3 is 2. The van der Waals surface area contributed by atoms with Crippen LogP contribution in [-0.4, -0.2) is 35.1 Å². The summed E-state index contributed by atoms with van der Waals surface area (Å²) in [7, 11) is -1.03. The third-order valence-electron chi connectivity index (χ3n) is 5.07. The molecule has 7 nitrogen and oxygen atoms in total. The topological polar surface area (TPSA) is 84.9 Å². The number of hydrogen-bond donors (Lipinski definition) is 1. The summed E-state index contributed by atoms with van der Waals surface area (Å²) in [5.41, 5.74) is 0.939. The Bertz CT molecular complexity index is 1270. The number of hydrogen-bond acceptors (Lipinski definition) is 5. The molecule has 34 heavy (non-hydrogen) atoms. The van der Waals surface area contributed by atoms with Gasteiger partial charge in [-0.1, -0.05) is 29.3 Å². The summed E-state index contributed by atoms with van der Waals surface area (Å²) in [4.78, 5) is 13.0. The third-order valence-corrected chi connectivity index (χ3v) is 7.34.